The van der Waals surface area contributed by atoms with Gasteiger partial charge in [0.25, 0.3) is 5.91 Å². The number of aromatic nitrogens is 4. The Kier molecular flexibility index (Phi) is 6.17. The number of nitrogens with one attached hydrogen (secondary N) is 1. The van der Waals surface area contributed by atoms with Crippen LogP contribution in [-0.4, -0.2) is 56.4 Å². The Hall–Kier alpha value is -3.01. The van der Waals surface area contributed by atoms with E-state index in [-0.39, 0.29) is 18.3 Å². The van der Waals surface area contributed by atoms with Crippen LogP contribution in [0.15, 0.2) is 36.7 Å². The molecule has 0 unspecified atom stereocenters. The van der Waals surface area contributed by atoms with Crippen LogP contribution in [0.3, 0.4) is 0 Å². The van der Waals surface area contributed by atoms with Crippen LogP contribution in [0.25, 0.3) is 5.82 Å². The molecule has 9 nitrogen and oxygen atoms in total. The molecule has 4 rings (SSSR count). The maximum absolute atomic E-state index is 11.9. The minimum atomic E-state index is -0.670. The SMILES string of the molecule is Cc1cnc(N[C@H]2CCOC2)nc1-n1cc(C(N)=O)nc1[C@@H](CO)c1cccc(Cl)c1. The van der Waals surface area contributed by atoms with Crippen molar-refractivity contribution < 1.29 is 14.6 Å². The first-order chi connectivity index (χ1) is 15.0. The Morgan fingerprint density at radius 3 is 2.97 bits per heavy atom. The summed E-state index contributed by atoms with van der Waals surface area (Å²) in [5, 5.41) is 14.0. The summed E-state index contributed by atoms with van der Waals surface area (Å²) in [5.41, 5.74) is 7.10. The molecule has 10 heteroatoms. The minimum Gasteiger partial charge on any atom is -0.395 e. The normalized spacial score (nSPS) is 16.9. The second-order valence-electron chi connectivity index (χ2n) is 7.41. The third kappa shape index (κ3) is 4.53. The number of hydrogen-bond acceptors (Lipinski definition) is 7. The standard InChI is InChI=1S/C21H23ClN6O3/c1-12-8-24-21(25-15-5-6-31-11-15)27-19(12)28-9-17(18(23)30)26-20(28)16(10-29)13-3-2-4-14(22)7-13/h2-4,7-9,15-16,29H,5-6,10-11H2,1H3,(H2,23,30)(H,24,25,27)/t15-,16-/m0/s1. The van der Waals surface area contributed by atoms with Gasteiger partial charge >= 0.3 is 0 Å². The van der Waals surface area contributed by atoms with Crippen molar-refractivity contribution in [1.82, 2.24) is 19.5 Å². The number of rotatable bonds is 7. The molecule has 1 fully saturated rings. The number of halogens is 1. The van der Waals surface area contributed by atoms with Crippen molar-refractivity contribution in [3.63, 3.8) is 0 Å². The van der Waals surface area contributed by atoms with Gasteiger partial charge in [0.1, 0.15) is 17.3 Å². The number of benzene rings is 1. The van der Waals surface area contributed by atoms with Crippen molar-refractivity contribution >= 4 is 23.5 Å². The van der Waals surface area contributed by atoms with Crippen LogP contribution in [-0.2, 0) is 4.74 Å². The molecule has 1 amide bonds. The summed E-state index contributed by atoms with van der Waals surface area (Å²) < 4.78 is 7.07. The largest absolute Gasteiger partial charge is 0.395 e. The van der Waals surface area contributed by atoms with E-state index in [1.807, 2.05) is 13.0 Å². The topological polar surface area (TPSA) is 128 Å². The highest BCUT2D eigenvalue weighted by Crippen LogP contribution is 2.28. The average molecular weight is 443 g/mol. The summed E-state index contributed by atoms with van der Waals surface area (Å²) in [6, 6.07) is 7.28. The molecule has 4 N–H and O–H groups in total. The number of aryl methyl sites for hydroxylation is 1. The molecule has 1 aliphatic heterocycles. The second-order valence-corrected chi connectivity index (χ2v) is 7.85. The first-order valence-corrected chi connectivity index (χ1v) is 10.3. The number of anilines is 1. The molecule has 0 spiro atoms. The summed E-state index contributed by atoms with van der Waals surface area (Å²) in [5.74, 6) is 0.193. The second kappa shape index (κ2) is 9.01. The van der Waals surface area contributed by atoms with Crippen LogP contribution < -0.4 is 11.1 Å². The Labute approximate surface area is 184 Å². The predicted octanol–water partition coefficient (Wildman–Crippen LogP) is 2.05. The van der Waals surface area contributed by atoms with Gasteiger partial charge in [-0.1, -0.05) is 23.7 Å². The van der Waals surface area contributed by atoms with Crippen molar-refractivity contribution in [3.8, 4) is 5.82 Å². The lowest BCUT2D eigenvalue weighted by Crippen LogP contribution is -2.21. The number of amides is 1. The van der Waals surface area contributed by atoms with Crippen LogP contribution in [0.2, 0.25) is 5.02 Å². The lowest BCUT2D eigenvalue weighted by Gasteiger charge is -2.18. The predicted molar refractivity (Wildman–Crippen MR) is 116 cm³/mol. The smallest absolute Gasteiger partial charge is 0.268 e. The van der Waals surface area contributed by atoms with Crippen LogP contribution in [0.1, 0.15) is 39.8 Å². The number of carbonyl (C=O) groups is 1. The fourth-order valence-corrected chi connectivity index (χ4v) is 3.76. The van der Waals surface area contributed by atoms with Gasteiger partial charge in [0.15, 0.2) is 0 Å². The maximum Gasteiger partial charge on any atom is 0.268 e. The number of carbonyl (C=O) groups excluding carboxylic acids is 1. The quantitative estimate of drug-likeness (QED) is 0.510. The number of hydrogen-bond donors (Lipinski definition) is 3. The first kappa shape index (κ1) is 21.2. The van der Waals surface area contributed by atoms with Gasteiger partial charge in [0, 0.05) is 29.6 Å². The summed E-state index contributed by atoms with van der Waals surface area (Å²) in [6.45, 7) is 2.90. The molecule has 2 atom stereocenters. The van der Waals surface area contributed by atoms with E-state index in [2.05, 4.69) is 20.3 Å². The lowest BCUT2D eigenvalue weighted by molar-refractivity contribution is 0.0995. The van der Waals surface area contributed by atoms with Crippen LogP contribution >= 0.6 is 11.6 Å². The highest BCUT2D eigenvalue weighted by Gasteiger charge is 2.25. The van der Waals surface area contributed by atoms with E-state index in [0.29, 0.717) is 35.8 Å². The number of imidazole rings is 1. The monoisotopic (exact) mass is 442 g/mol. The average Bonchev–Trinajstić information content (AvgIpc) is 3.41. The maximum atomic E-state index is 11.9. The van der Waals surface area contributed by atoms with E-state index in [1.54, 1.807) is 29.0 Å². The number of primary amides is 1. The molecule has 162 valence electrons. The van der Waals surface area contributed by atoms with Gasteiger partial charge in [-0.05, 0) is 31.0 Å². The molecule has 31 heavy (non-hydrogen) atoms. The van der Waals surface area contributed by atoms with Crippen LogP contribution in [0, 0.1) is 6.92 Å². The van der Waals surface area contributed by atoms with E-state index in [4.69, 9.17) is 22.1 Å². The molecule has 0 aliphatic carbocycles. The first-order valence-electron chi connectivity index (χ1n) is 9.90. The highest BCUT2D eigenvalue weighted by atomic mass is 35.5. The minimum absolute atomic E-state index is 0.0761. The zero-order chi connectivity index (χ0) is 22.0. The molecule has 3 aromatic rings. The Morgan fingerprint density at radius 2 is 2.29 bits per heavy atom. The van der Waals surface area contributed by atoms with E-state index in [0.717, 1.165) is 17.5 Å². The Balaban J connectivity index is 1.80. The Morgan fingerprint density at radius 1 is 1.45 bits per heavy atom. The molecule has 2 aromatic heterocycles. The molecule has 0 bridgehead atoms. The van der Waals surface area contributed by atoms with Crippen LogP contribution in [0.4, 0.5) is 5.95 Å². The van der Waals surface area contributed by atoms with Crippen molar-refractivity contribution in [1.29, 1.82) is 0 Å². The van der Waals surface area contributed by atoms with Gasteiger partial charge in [-0.15, -0.1) is 0 Å². The zero-order valence-corrected chi connectivity index (χ0v) is 17.7. The fourth-order valence-electron chi connectivity index (χ4n) is 3.57. The third-order valence-corrected chi connectivity index (χ3v) is 5.40. The van der Waals surface area contributed by atoms with E-state index in [1.165, 1.54) is 6.20 Å². The van der Waals surface area contributed by atoms with E-state index >= 15 is 0 Å². The zero-order valence-electron chi connectivity index (χ0n) is 17.0. The summed E-state index contributed by atoms with van der Waals surface area (Å²) in [4.78, 5) is 25.3. The molecular formula is C21H23ClN6O3. The molecule has 3 heterocycles. The number of aliphatic hydroxyl groups is 1. The summed E-state index contributed by atoms with van der Waals surface area (Å²) in [7, 11) is 0. The van der Waals surface area contributed by atoms with Crippen molar-refractivity contribution in [3.05, 3.63) is 64.3 Å². The molecular weight excluding hydrogens is 420 g/mol. The van der Waals surface area contributed by atoms with Gasteiger partial charge in [0.2, 0.25) is 5.95 Å². The molecule has 1 saturated heterocycles. The van der Waals surface area contributed by atoms with E-state index in [9.17, 15) is 9.90 Å². The third-order valence-electron chi connectivity index (χ3n) is 5.17. The van der Waals surface area contributed by atoms with Crippen molar-refractivity contribution in [2.45, 2.75) is 25.3 Å². The number of aliphatic hydroxyl groups excluding tert-OH is 1. The number of nitrogens with two attached hydrogens (primary N) is 1. The van der Waals surface area contributed by atoms with Crippen molar-refractivity contribution in [2.24, 2.45) is 5.73 Å². The van der Waals surface area contributed by atoms with Gasteiger partial charge in [-0.25, -0.2) is 9.97 Å². The molecule has 1 aromatic carbocycles. The van der Waals surface area contributed by atoms with Gasteiger partial charge in [-0.2, -0.15) is 4.98 Å². The number of nitrogens with zero attached hydrogens (tertiary/aromatic N) is 4. The van der Waals surface area contributed by atoms with Gasteiger partial charge < -0.3 is 20.9 Å². The molecule has 0 radical (unpaired) electrons. The fraction of sp³-hybridized carbons (Fsp3) is 0.333. The summed E-state index contributed by atoms with van der Waals surface area (Å²) >= 11 is 6.15. The van der Waals surface area contributed by atoms with Crippen LogP contribution in [0.5, 0.6) is 0 Å². The van der Waals surface area contributed by atoms with Gasteiger partial charge in [-0.3, -0.25) is 9.36 Å². The molecule has 0 saturated carbocycles. The van der Waals surface area contributed by atoms with Crippen molar-refractivity contribution in [2.75, 3.05) is 25.1 Å². The Bertz CT molecular complexity index is 1100. The van der Waals surface area contributed by atoms with Gasteiger partial charge in [0.05, 0.1) is 25.2 Å². The highest BCUT2D eigenvalue weighted by molar-refractivity contribution is 6.30. The molecule has 1 aliphatic rings. The number of ether oxygens (including phenoxy) is 1. The van der Waals surface area contributed by atoms with E-state index < -0.39 is 11.8 Å². The lowest BCUT2D eigenvalue weighted by atomic mass is 9.99. The summed E-state index contributed by atoms with van der Waals surface area (Å²) in [6.07, 6.45) is 4.10.